The molecule has 3 rings (SSSR count). The van der Waals surface area contributed by atoms with Crippen molar-refractivity contribution in [3.8, 4) is 11.5 Å². The largest absolute Gasteiger partial charge is 0.426 e. The Kier molecular flexibility index (Phi) is 11.5. The van der Waals surface area contributed by atoms with Gasteiger partial charge in [0.2, 0.25) is 5.78 Å². The summed E-state index contributed by atoms with van der Waals surface area (Å²) in [6.45, 7) is 0. The van der Waals surface area contributed by atoms with Crippen molar-refractivity contribution >= 4 is 67.1 Å². The third-order valence-corrected chi connectivity index (χ3v) is 8.10. The molecule has 0 heterocycles. The van der Waals surface area contributed by atoms with E-state index in [4.69, 9.17) is 53.3 Å². The number of halogens is 2. The first-order valence-corrected chi connectivity index (χ1v) is 14.7. The molecule has 1 fully saturated rings. The lowest BCUT2D eigenvalue weighted by molar-refractivity contribution is -0.150. The van der Waals surface area contributed by atoms with Gasteiger partial charge in [0, 0.05) is 5.92 Å². The van der Waals surface area contributed by atoms with E-state index in [2.05, 4.69) is 0 Å². The molecule has 3 atom stereocenters. The van der Waals surface area contributed by atoms with Crippen LogP contribution in [0.4, 0.5) is 8.78 Å². The van der Waals surface area contributed by atoms with Crippen LogP contribution in [0, 0.1) is 17.8 Å². The minimum absolute atomic E-state index is 0.0240. The number of alkyl halides is 2. The molecule has 2 aromatic carbocycles. The molecule has 1 aliphatic carbocycles. The zero-order valence-corrected chi connectivity index (χ0v) is 23.9. The van der Waals surface area contributed by atoms with Crippen LogP contribution in [0.15, 0.2) is 30.3 Å². The number of esters is 2. The van der Waals surface area contributed by atoms with Gasteiger partial charge in [-0.25, -0.2) is 0 Å². The fourth-order valence-electron chi connectivity index (χ4n) is 5.07. The third kappa shape index (κ3) is 8.00. The number of benzene rings is 2. The first-order chi connectivity index (χ1) is 20.2. The highest BCUT2D eigenvalue weighted by molar-refractivity contribution is 7.87. The van der Waals surface area contributed by atoms with Crippen LogP contribution in [-0.2, 0) is 56.1 Å². The summed E-state index contributed by atoms with van der Waals surface area (Å²) < 4.78 is 71.5. The molecule has 1 N–H and O–H groups in total. The Hall–Kier alpha value is -2.86. The van der Waals surface area contributed by atoms with Gasteiger partial charge in [0.1, 0.15) is 11.5 Å². The molecular formula is C27H25B5F2O8S. The highest BCUT2D eigenvalue weighted by Crippen LogP contribution is 2.40. The SMILES string of the molecule is [B]Cc1cc(C[B])cc(OC(=O)C2CC(C(=O)Oc3c(C[B])cc(C[B])cc3C[B])CC(C(=O)C(F)(F)S(=O)(=O)O)C2)c1. The van der Waals surface area contributed by atoms with E-state index in [-0.39, 0.29) is 49.5 Å². The standard InChI is InChI=1S/C27H25B5F2O8S/c28-9-14-1-15(10-29)5-22(4-14)41-25(36)18-6-17(24(35)27(33,34)43(38,39)40)7-19(8-18)26(37)42-23-20(12-31)2-16(11-30)3-21(23)13-32/h1-5,17-19H,6-13H2,(H,38,39,40). The predicted octanol–water partition coefficient (Wildman–Crippen LogP) is 1.62. The van der Waals surface area contributed by atoms with Crippen LogP contribution < -0.4 is 9.47 Å². The number of ketones is 1. The summed E-state index contributed by atoms with van der Waals surface area (Å²) >= 11 is 0. The lowest BCUT2D eigenvalue weighted by atomic mass is 9.73. The van der Waals surface area contributed by atoms with Crippen LogP contribution in [0.25, 0.3) is 0 Å². The maximum Gasteiger partial charge on any atom is 0.426 e. The normalized spacial score (nSPS) is 19.0. The van der Waals surface area contributed by atoms with Crippen LogP contribution in [0.1, 0.15) is 47.1 Å². The molecule has 1 saturated carbocycles. The molecule has 16 heteroatoms. The lowest BCUT2D eigenvalue weighted by Crippen LogP contribution is -2.46. The van der Waals surface area contributed by atoms with Gasteiger partial charge in [-0.05, 0) is 42.5 Å². The quantitative estimate of drug-likeness (QED) is 0.169. The van der Waals surface area contributed by atoms with E-state index in [1.54, 1.807) is 18.2 Å². The van der Waals surface area contributed by atoms with Crippen LogP contribution in [0.2, 0.25) is 0 Å². The van der Waals surface area contributed by atoms with Crippen LogP contribution >= 0.6 is 0 Å². The highest BCUT2D eigenvalue weighted by atomic mass is 32.2. The molecule has 216 valence electrons. The van der Waals surface area contributed by atoms with Crippen LogP contribution in [-0.4, -0.2) is 75.2 Å². The summed E-state index contributed by atoms with van der Waals surface area (Å²) in [5.74, 6) is -8.55. The number of ether oxygens (including phenoxy) is 2. The molecule has 0 saturated heterocycles. The van der Waals surface area contributed by atoms with E-state index in [1.807, 2.05) is 0 Å². The number of carbonyl (C=O) groups is 3. The highest BCUT2D eigenvalue weighted by Gasteiger charge is 2.56. The average molecular weight is 602 g/mol. The van der Waals surface area contributed by atoms with Crippen molar-refractivity contribution in [2.75, 3.05) is 0 Å². The van der Waals surface area contributed by atoms with Gasteiger partial charge in [-0.2, -0.15) is 17.2 Å². The van der Waals surface area contributed by atoms with Gasteiger partial charge in [0.15, 0.2) is 0 Å². The monoisotopic (exact) mass is 602 g/mol. The second kappa shape index (κ2) is 14.3. The summed E-state index contributed by atoms with van der Waals surface area (Å²) in [5, 5.41) is -5.18. The fourth-order valence-corrected chi connectivity index (χ4v) is 5.49. The van der Waals surface area contributed by atoms with E-state index in [9.17, 15) is 31.6 Å². The first kappa shape index (κ1) is 34.6. The summed E-state index contributed by atoms with van der Waals surface area (Å²) in [6, 6.07) is 7.84. The number of hydrogen-bond acceptors (Lipinski definition) is 7. The molecule has 0 bridgehead atoms. The molecule has 43 heavy (non-hydrogen) atoms. The average Bonchev–Trinajstić information content (AvgIpc) is 2.99. The smallest absolute Gasteiger partial charge is 0.426 e. The summed E-state index contributed by atoms with van der Waals surface area (Å²) in [5.41, 5.74) is 2.59. The van der Waals surface area contributed by atoms with Gasteiger partial charge in [-0.1, -0.05) is 66.5 Å². The van der Waals surface area contributed by atoms with Crippen LogP contribution in [0.3, 0.4) is 0 Å². The Morgan fingerprint density at radius 2 is 1.14 bits per heavy atom. The predicted molar refractivity (Wildman–Crippen MR) is 157 cm³/mol. The maximum absolute atomic E-state index is 14.4. The molecule has 10 radical (unpaired) electrons. The van der Waals surface area contributed by atoms with Gasteiger partial charge < -0.3 is 9.47 Å². The van der Waals surface area contributed by atoms with Crippen molar-refractivity contribution < 1.29 is 45.6 Å². The second-order valence-electron chi connectivity index (χ2n) is 10.2. The molecule has 1 aliphatic rings. The molecule has 0 aromatic heterocycles. The van der Waals surface area contributed by atoms with E-state index >= 15 is 0 Å². The lowest BCUT2D eigenvalue weighted by Gasteiger charge is -2.33. The van der Waals surface area contributed by atoms with E-state index in [0.29, 0.717) is 27.8 Å². The molecule has 0 spiro atoms. The topological polar surface area (TPSA) is 124 Å². The minimum atomic E-state index is -6.14. The molecule has 8 nitrogen and oxygen atoms in total. The van der Waals surface area contributed by atoms with Crippen molar-refractivity contribution in [1.29, 1.82) is 0 Å². The fraction of sp³-hybridized carbons (Fsp3) is 0.444. The van der Waals surface area contributed by atoms with Gasteiger partial charge in [0.05, 0.1) is 51.1 Å². The Bertz CT molecular complexity index is 1440. The van der Waals surface area contributed by atoms with Crippen molar-refractivity contribution in [2.24, 2.45) is 17.8 Å². The van der Waals surface area contributed by atoms with E-state index in [1.165, 1.54) is 12.1 Å². The van der Waals surface area contributed by atoms with Crippen molar-refractivity contribution in [2.45, 2.75) is 56.1 Å². The van der Waals surface area contributed by atoms with E-state index < -0.39 is 63.7 Å². The van der Waals surface area contributed by atoms with Crippen molar-refractivity contribution in [3.63, 3.8) is 0 Å². The number of carbonyl (C=O) groups excluding carboxylic acids is 3. The molecular weight excluding hydrogens is 576 g/mol. The van der Waals surface area contributed by atoms with Crippen molar-refractivity contribution in [3.05, 3.63) is 58.1 Å². The summed E-state index contributed by atoms with van der Waals surface area (Å²) in [4.78, 5) is 39.3. The van der Waals surface area contributed by atoms with Crippen molar-refractivity contribution in [1.82, 2.24) is 0 Å². The van der Waals surface area contributed by atoms with Gasteiger partial charge in [-0.15, -0.1) is 0 Å². The number of hydrogen-bond donors (Lipinski definition) is 1. The first-order valence-electron chi connectivity index (χ1n) is 13.3. The Morgan fingerprint density at radius 1 is 0.721 bits per heavy atom. The van der Waals surface area contributed by atoms with Gasteiger partial charge in [-0.3, -0.25) is 18.9 Å². The molecule has 0 aliphatic heterocycles. The number of Topliss-reactive ketones (excluding diaryl/α,β-unsaturated/α-hetero) is 1. The second-order valence-corrected chi connectivity index (χ2v) is 11.7. The molecule has 0 amide bonds. The van der Waals surface area contributed by atoms with Crippen LogP contribution in [0.5, 0.6) is 11.5 Å². The van der Waals surface area contributed by atoms with Gasteiger partial charge in [0.25, 0.3) is 0 Å². The third-order valence-electron chi connectivity index (χ3n) is 7.25. The molecule has 3 unspecified atom stereocenters. The summed E-state index contributed by atoms with van der Waals surface area (Å²) in [6.07, 6.45) is -1.26. The Labute approximate surface area is 255 Å². The Morgan fingerprint density at radius 3 is 1.56 bits per heavy atom. The maximum atomic E-state index is 14.4. The summed E-state index contributed by atoms with van der Waals surface area (Å²) in [7, 11) is 22.6. The molecule has 2 aromatic rings. The zero-order valence-electron chi connectivity index (χ0n) is 23.1. The minimum Gasteiger partial charge on any atom is -0.426 e. The van der Waals surface area contributed by atoms with E-state index in [0.717, 1.165) is 0 Å². The Balaban J connectivity index is 1.96. The number of rotatable bonds is 12. The zero-order chi connectivity index (χ0) is 32.1. The van der Waals surface area contributed by atoms with Gasteiger partial charge >= 0.3 is 27.3 Å².